The van der Waals surface area contributed by atoms with Crippen molar-refractivity contribution in [2.75, 3.05) is 25.0 Å². The number of nitrogens with one attached hydrogen (secondary N) is 4. The topological polar surface area (TPSA) is 126 Å². The van der Waals surface area contributed by atoms with E-state index in [9.17, 15) is 19.2 Å². The third-order valence-corrected chi connectivity index (χ3v) is 2.74. The zero-order valence-electron chi connectivity index (χ0n) is 15.0. The van der Waals surface area contributed by atoms with Gasteiger partial charge < -0.3 is 26.0 Å². The van der Waals surface area contributed by atoms with Crippen LogP contribution in [-0.4, -0.2) is 49.1 Å². The van der Waals surface area contributed by atoms with Crippen LogP contribution in [0.2, 0.25) is 0 Å². The molecule has 0 atom stereocenters. The van der Waals surface area contributed by atoms with Gasteiger partial charge in [-0.25, -0.2) is 4.79 Å². The minimum absolute atomic E-state index is 0.222. The molecule has 0 bridgehead atoms. The summed E-state index contributed by atoms with van der Waals surface area (Å²) >= 11 is 0. The van der Waals surface area contributed by atoms with Gasteiger partial charge in [-0.3, -0.25) is 14.4 Å². The second-order valence-electron chi connectivity index (χ2n) is 6.32. The predicted molar refractivity (Wildman–Crippen MR) is 95.3 cm³/mol. The highest BCUT2D eigenvalue weighted by Gasteiger charge is 2.16. The number of amides is 4. The maximum atomic E-state index is 11.7. The van der Waals surface area contributed by atoms with Gasteiger partial charge in [0, 0.05) is 5.69 Å². The number of alkyl carbamates (subject to hydrolysis) is 1. The molecule has 0 saturated heterocycles. The van der Waals surface area contributed by atoms with Crippen molar-refractivity contribution in [1.82, 2.24) is 16.0 Å². The van der Waals surface area contributed by atoms with E-state index in [0.29, 0.717) is 5.69 Å². The lowest BCUT2D eigenvalue weighted by molar-refractivity contribution is -0.126. The van der Waals surface area contributed by atoms with Crippen molar-refractivity contribution >= 4 is 29.5 Å². The highest BCUT2D eigenvalue weighted by atomic mass is 16.6. The monoisotopic (exact) mass is 364 g/mol. The van der Waals surface area contributed by atoms with Crippen LogP contribution < -0.4 is 21.3 Å². The summed E-state index contributed by atoms with van der Waals surface area (Å²) in [6.07, 6.45) is -0.727. The molecular formula is C17H24N4O5. The van der Waals surface area contributed by atoms with Gasteiger partial charge in [0.1, 0.15) is 12.1 Å². The molecule has 4 amide bonds. The molecule has 0 aliphatic carbocycles. The fourth-order valence-corrected chi connectivity index (χ4v) is 1.68. The molecule has 0 unspecified atom stereocenters. The normalized spacial score (nSPS) is 10.4. The highest BCUT2D eigenvalue weighted by molar-refractivity contribution is 5.95. The van der Waals surface area contributed by atoms with E-state index in [1.54, 1.807) is 45.0 Å². The summed E-state index contributed by atoms with van der Waals surface area (Å²) in [7, 11) is 0. The Hall–Kier alpha value is -3.10. The highest BCUT2D eigenvalue weighted by Crippen LogP contribution is 2.06. The van der Waals surface area contributed by atoms with Gasteiger partial charge >= 0.3 is 6.09 Å². The zero-order chi connectivity index (χ0) is 19.6. The lowest BCUT2D eigenvalue weighted by Crippen LogP contribution is -2.44. The van der Waals surface area contributed by atoms with Crippen molar-refractivity contribution in [2.45, 2.75) is 26.4 Å². The lowest BCUT2D eigenvalue weighted by atomic mass is 10.2. The van der Waals surface area contributed by atoms with Crippen molar-refractivity contribution in [3.63, 3.8) is 0 Å². The van der Waals surface area contributed by atoms with Crippen LogP contribution >= 0.6 is 0 Å². The molecular weight excluding hydrogens is 340 g/mol. The van der Waals surface area contributed by atoms with Crippen molar-refractivity contribution in [3.8, 4) is 0 Å². The summed E-state index contributed by atoms with van der Waals surface area (Å²) in [6, 6.07) is 8.80. The van der Waals surface area contributed by atoms with E-state index in [4.69, 9.17) is 4.74 Å². The Morgan fingerprint density at radius 3 is 1.85 bits per heavy atom. The number of rotatable bonds is 7. The Bertz CT molecular complexity index is 640. The molecule has 4 N–H and O–H groups in total. The van der Waals surface area contributed by atoms with Gasteiger partial charge in [0.25, 0.3) is 0 Å². The summed E-state index contributed by atoms with van der Waals surface area (Å²) in [5, 5.41) is 9.58. The van der Waals surface area contributed by atoms with Gasteiger partial charge in [-0.1, -0.05) is 18.2 Å². The van der Waals surface area contributed by atoms with E-state index in [0.717, 1.165) is 0 Å². The molecule has 0 aliphatic heterocycles. The molecule has 0 heterocycles. The second-order valence-corrected chi connectivity index (χ2v) is 6.32. The Morgan fingerprint density at radius 2 is 1.31 bits per heavy atom. The number of para-hydroxylation sites is 1. The number of carbonyl (C=O) groups excluding carboxylic acids is 4. The van der Waals surface area contributed by atoms with Crippen LogP contribution in [0.5, 0.6) is 0 Å². The molecule has 0 radical (unpaired) electrons. The van der Waals surface area contributed by atoms with E-state index in [1.807, 2.05) is 6.07 Å². The molecule has 1 aromatic rings. The van der Waals surface area contributed by atoms with Crippen molar-refractivity contribution in [3.05, 3.63) is 30.3 Å². The lowest BCUT2D eigenvalue weighted by Gasteiger charge is -2.19. The Kier molecular flexibility index (Phi) is 8.07. The quantitative estimate of drug-likeness (QED) is 0.557. The SMILES string of the molecule is CC(C)(C)OC(=O)NCC(=O)NCC(=O)NCC(=O)Nc1ccccc1. The average molecular weight is 364 g/mol. The molecule has 1 aromatic carbocycles. The van der Waals surface area contributed by atoms with E-state index in [1.165, 1.54) is 0 Å². The third-order valence-electron chi connectivity index (χ3n) is 2.74. The number of hydrogen-bond acceptors (Lipinski definition) is 5. The zero-order valence-corrected chi connectivity index (χ0v) is 15.0. The van der Waals surface area contributed by atoms with Crippen LogP contribution in [-0.2, 0) is 19.1 Å². The van der Waals surface area contributed by atoms with Gasteiger partial charge in [0.15, 0.2) is 0 Å². The van der Waals surface area contributed by atoms with Gasteiger partial charge in [-0.15, -0.1) is 0 Å². The van der Waals surface area contributed by atoms with Crippen molar-refractivity contribution < 1.29 is 23.9 Å². The number of anilines is 1. The van der Waals surface area contributed by atoms with Gasteiger partial charge in [-0.2, -0.15) is 0 Å². The van der Waals surface area contributed by atoms with Crippen molar-refractivity contribution in [1.29, 1.82) is 0 Å². The molecule has 1 rings (SSSR count). The van der Waals surface area contributed by atoms with Crippen LogP contribution in [0.1, 0.15) is 20.8 Å². The predicted octanol–water partition coefficient (Wildman–Crippen LogP) is 0.382. The molecule has 142 valence electrons. The molecule has 0 fully saturated rings. The number of benzene rings is 1. The summed E-state index contributed by atoms with van der Waals surface area (Å²) in [5.41, 5.74) is -0.0471. The molecule has 0 aliphatic rings. The second kappa shape index (κ2) is 10.0. The first-order chi connectivity index (χ1) is 12.2. The fourth-order valence-electron chi connectivity index (χ4n) is 1.68. The molecule has 0 aromatic heterocycles. The summed E-state index contributed by atoms with van der Waals surface area (Å²) < 4.78 is 4.97. The minimum atomic E-state index is -0.727. The first kappa shape index (κ1) is 20.9. The van der Waals surface area contributed by atoms with Gasteiger partial charge in [0.05, 0.1) is 13.1 Å². The maximum Gasteiger partial charge on any atom is 0.408 e. The van der Waals surface area contributed by atoms with Crippen LogP contribution in [0, 0.1) is 0 Å². The molecule has 0 spiro atoms. The first-order valence-electron chi connectivity index (χ1n) is 8.01. The third kappa shape index (κ3) is 9.91. The Morgan fingerprint density at radius 1 is 0.808 bits per heavy atom. The molecule has 9 nitrogen and oxygen atoms in total. The van der Waals surface area contributed by atoms with Gasteiger partial charge in [-0.05, 0) is 32.9 Å². The van der Waals surface area contributed by atoms with Crippen LogP contribution in [0.15, 0.2) is 30.3 Å². The fraction of sp³-hybridized carbons (Fsp3) is 0.412. The summed E-state index contributed by atoms with van der Waals surface area (Å²) in [5.74, 6) is -1.47. The Labute approximate surface area is 151 Å². The van der Waals surface area contributed by atoms with E-state index >= 15 is 0 Å². The molecule has 26 heavy (non-hydrogen) atoms. The minimum Gasteiger partial charge on any atom is -0.444 e. The summed E-state index contributed by atoms with van der Waals surface area (Å²) in [6.45, 7) is 4.24. The molecule has 0 saturated carbocycles. The largest absolute Gasteiger partial charge is 0.444 e. The van der Waals surface area contributed by atoms with E-state index < -0.39 is 23.5 Å². The molecule has 9 heteroatoms. The van der Waals surface area contributed by atoms with Crippen LogP contribution in [0.25, 0.3) is 0 Å². The number of hydrogen-bond donors (Lipinski definition) is 4. The smallest absolute Gasteiger partial charge is 0.408 e. The van der Waals surface area contributed by atoms with E-state index in [2.05, 4.69) is 21.3 Å². The van der Waals surface area contributed by atoms with Crippen molar-refractivity contribution in [2.24, 2.45) is 0 Å². The van der Waals surface area contributed by atoms with Crippen LogP contribution in [0.4, 0.5) is 10.5 Å². The number of carbonyl (C=O) groups is 4. The van der Waals surface area contributed by atoms with E-state index in [-0.39, 0.29) is 25.5 Å². The van der Waals surface area contributed by atoms with Crippen LogP contribution in [0.3, 0.4) is 0 Å². The maximum absolute atomic E-state index is 11.7. The van der Waals surface area contributed by atoms with Gasteiger partial charge in [0.2, 0.25) is 17.7 Å². The number of ether oxygens (including phenoxy) is 1. The average Bonchev–Trinajstić information content (AvgIpc) is 2.55. The summed E-state index contributed by atoms with van der Waals surface area (Å²) in [4.78, 5) is 46.2. The Balaban J connectivity index is 2.18. The standard InChI is InChI=1S/C17H24N4O5/c1-17(2,3)26-16(25)20-10-14(23)18-9-13(22)19-11-15(24)21-12-7-5-4-6-8-12/h4-8H,9-11H2,1-3H3,(H,18,23)(H,19,22)(H,20,25)(H,21,24). The first-order valence-corrected chi connectivity index (χ1v) is 8.01.